The van der Waals surface area contributed by atoms with Gasteiger partial charge in [-0.3, -0.25) is 0 Å². The molecule has 0 amide bonds. The lowest BCUT2D eigenvalue weighted by atomic mass is 9.46. The standard InChI is InChI=1S/C27H42O2/c1-17(16-18(2)28)25(5)14-15-27(7)20-8-10-21-24(3,4)23(29)12-13-26(21,6)19(20)9-11-22(25)27/h11,17,21,23,29H,8-10,12-16H2,1-7H3. The van der Waals surface area contributed by atoms with Crippen molar-refractivity contribution in [2.45, 2.75) is 106 Å². The normalized spacial score (nSPS) is 44.5. The number of ketones is 1. The third-order valence-corrected chi connectivity index (χ3v) is 10.4. The molecule has 4 aliphatic rings. The fourth-order valence-corrected chi connectivity index (χ4v) is 8.39. The molecule has 0 aromatic rings. The zero-order valence-corrected chi connectivity index (χ0v) is 19.8. The van der Waals surface area contributed by atoms with E-state index in [9.17, 15) is 9.90 Å². The Morgan fingerprint density at radius 2 is 1.79 bits per heavy atom. The molecule has 0 aromatic carbocycles. The number of hydrogen-bond acceptors (Lipinski definition) is 2. The summed E-state index contributed by atoms with van der Waals surface area (Å²) in [6.45, 7) is 16.1. The number of hydrogen-bond donors (Lipinski definition) is 1. The van der Waals surface area contributed by atoms with Gasteiger partial charge in [0.05, 0.1) is 6.10 Å². The van der Waals surface area contributed by atoms with Gasteiger partial charge in [0.15, 0.2) is 0 Å². The van der Waals surface area contributed by atoms with E-state index in [1.54, 1.807) is 23.6 Å². The lowest BCUT2D eigenvalue weighted by Gasteiger charge is -2.59. The molecular formula is C27H42O2. The lowest BCUT2D eigenvalue weighted by Crippen LogP contribution is -2.53. The van der Waals surface area contributed by atoms with Gasteiger partial charge in [-0.15, -0.1) is 0 Å². The van der Waals surface area contributed by atoms with E-state index in [0.29, 0.717) is 24.0 Å². The van der Waals surface area contributed by atoms with Crippen molar-refractivity contribution < 1.29 is 9.90 Å². The van der Waals surface area contributed by atoms with Crippen LogP contribution in [0.2, 0.25) is 0 Å². The number of Topliss-reactive ketones (excluding diaryl/α,β-unsaturated/α-hetero) is 1. The monoisotopic (exact) mass is 398 g/mol. The molecule has 6 unspecified atom stereocenters. The first-order chi connectivity index (χ1) is 13.4. The summed E-state index contributed by atoms with van der Waals surface area (Å²) < 4.78 is 0. The number of rotatable bonds is 3. The van der Waals surface area contributed by atoms with Crippen molar-refractivity contribution >= 4 is 5.78 Å². The molecule has 2 heteroatoms. The average Bonchev–Trinajstić information content (AvgIpc) is 2.91. The number of fused-ring (bicyclic) bond motifs is 4. The molecule has 0 aliphatic heterocycles. The zero-order chi connectivity index (χ0) is 21.4. The van der Waals surface area contributed by atoms with Crippen LogP contribution in [0, 0.1) is 33.5 Å². The molecule has 162 valence electrons. The fraction of sp³-hybridized carbons (Fsp3) is 0.815. The molecule has 2 saturated carbocycles. The van der Waals surface area contributed by atoms with E-state index in [1.165, 1.54) is 25.7 Å². The maximum atomic E-state index is 11.9. The van der Waals surface area contributed by atoms with Gasteiger partial charge in [0, 0.05) is 11.8 Å². The second kappa shape index (κ2) is 6.55. The molecule has 29 heavy (non-hydrogen) atoms. The maximum absolute atomic E-state index is 11.9. The maximum Gasteiger partial charge on any atom is 0.130 e. The molecule has 6 atom stereocenters. The molecule has 0 spiro atoms. The highest BCUT2D eigenvalue weighted by Crippen LogP contribution is 2.69. The highest BCUT2D eigenvalue weighted by molar-refractivity contribution is 5.75. The van der Waals surface area contributed by atoms with Gasteiger partial charge < -0.3 is 9.90 Å². The van der Waals surface area contributed by atoms with Crippen molar-refractivity contribution in [2.75, 3.05) is 0 Å². The van der Waals surface area contributed by atoms with Crippen LogP contribution in [0.15, 0.2) is 22.8 Å². The minimum Gasteiger partial charge on any atom is -0.393 e. The van der Waals surface area contributed by atoms with Gasteiger partial charge in [-0.05, 0) is 80.0 Å². The minimum absolute atomic E-state index is 0.00335. The second-order valence-corrected chi connectivity index (χ2v) is 12.2. The summed E-state index contributed by atoms with van der Waals surface area (Å²) in [5.74, 6) is 1.30. The van der Waals surface area contributed by atoms with Crippen LogP contribution in [0.25, 0.3) is 0 Å². The van der Waals surface area contributed by atoms with Gasteiger partial charge >= 0.3 is 0 Å². The summed E-state index contributed by atoms with van der Waals surface area (Å²) in [4.78, 5) is 11.9. The number of aliphatic hydroxyl groups excluding tert-OH is 1. The van der Waals surface area contributed by atoms with E-state index in [4.69, 9.17) is 0 Å². The number of carbonyl (C=O) groups excluding carboxylic acids is 1. The smallest absolute Gasteiger partial charge is 0.130 e. The first kappa shape index (κ1) is 21.3. The third kappa shape index (κ3) is 2.80. The van der Waals surface area contributed by atoms with Crippen molar-refractivity contribution in [3.63, 3.8) is 0 Å². The van der Waals surface area contributed by atoms with Crippen LogP contribution in [0.1, 0.15) is 99.8 Å². The topological polar surface area (TPSA) is 37.3 Å². The summed E-state index contributed by atoms with van der Waals surface area (Å²) in [5.41, 5.74) is 5.64. The van der Waals surface area contributed by atoms with Crippen molar-refractivity contribution in [1.82, 2.24) is 0 Å². The lowest BCUT2D eigenvalue weighted by molar-refractivity contribution is -0.118. The molecule has 4 aliphatic carbocycles. The molecule has 0 aromatic heterocycles. The average molecular weight is 399 g/mol. The molecular weight excluding hydrogens is 356 g/mol. The summed E-state index contributed by atoms with van der Waals surface area (Å²) in [6.07, 6.45) is 11.1. The zero-order valence-electron chi connectivity index (χ0n) is 19.8. The Hall–Kier alpha value is -0.890. The fourth-order valence-electron chi connectivity index (χ4n) is 8.39. The Labute approximate surface area is 178 Å². The number of aliphatic hydroxyl groups is 1. The van der Waals surface area contributed by atoms with Gasteiger partial charge in [-0.1, -0.05) is 64.3 Å². The number of carbonyl (C=O) groups is 1. The largest absolute Gasteiger partial charge is 0.393 e. The predicted molar refractivity (Wildman–Crippen MR) is 119 cm³/mol. The molecule has 0 bridgehead atoms. The van der Waals surface area contributed by atoms with E-state index in [0.717, 1.165) is 19.3 Å². The minimum atomic E-state index is -0.171. The molecule has 2 fully saturated rings. The Bertz CT molecular complexity index is 786. The van der Waals surface area contributed by atoms with Gasteiger partial charge in [0.2, 0.25) is 0 Å². The summed E-state index contributed by atoms with van der Waals surface area (Å²) >= 11 is 0. The molecule has 0 saturated heterocycles. The van der Waals surface area contributed by atoms with Crippen LogP contribution in [0.4, 0.5) is 0 Å². The number of allylic oxidation sites excluding steroid dienone is 4. The van der Waals surface area contributed by atoms with Crippen molar-refractivity contribution in [2.24, 2.45) is 33.5 Å². The van der Waals surface area contributed by atoms with E-state index >= 15 is 0 Å². The van der Waals surface area contributed by atoms with Gasteiger partial charge in [0.25, 0.3) is 0 Å². The quantitative estimate of drug-likeness (QED) is 0.542. The van der Waals surface area contributed by atoms with Crippen LogP contribution >= 0.6 is 0 Å². The SMILES string of the molecule is CC(=O)CC(C)C1(C)CCC2(C)C1=CCC1=C2CCC2C1(C)CCC(O)C2(C)C. The van der Waals surface area contributed by atoms with Crippen LogP contribution in [-0.4, -0.2) is 17.0 Å². The first-order valence-electron chi connectivity index (χ1n) is 12.0. The van der Waals surface area contributed by atoms with Crippen molar-refractivity contribution in [3.05, 3.63) is 22.8 Å². The van der Waals surface area contributed by atoms with Gasteiger partial charge in [-0.25, -0.2) is 0 Å². The van der Waals surface area contributed by atoms with E-state index < -0.39 is 0 Å². The molecule has 2 nitrogen and oxygen atoms in total. The summed E-state index contributed by atoms with van der Waals surface area (Å²) in [7, 11) is 0. The molecule has 1 N–H and O–H groups in total. The van der Waals surface area contributed by atoms with Crippen molar-refractivity contribution in [3.8, 4) is 0 Å². The van der Waals surface area contributed by atoms with Gasteiger partial charge in [-0.2, -0.15) is 0 Å². The Balaban J connectivity index is 1.73. The van der Waals surface area contributed by atoms with Crippen molar-refractivity contribution in [1.29, 1.82) is 0 Å². The highest BCUT2D eigenvalue weighted by atomic mass is 16.3. The summed E-state index contributed by atoms with van der Waals surface area (Å²) in [5, 5.41) is 10.7. The summed E-state index contributed by atoms with van der Waals surface area (Å²) in [6, 6.07) is 0. The predicted octanol–water partition coefficient (Wildman–Crippen LogP) is 6.63. The van der Waals surface area contributed by atoms with Crippen LogP contribution in [0.3, 0.4) is 0 Å². The van der Waals surface area contributed by atoms with Crippen LogP contribution < -0.4 is 0 Å². The van der Waals surface area contributed by atoms with E-state index in [2.05, 4.69) is 47.6 Å². The van der Waals surface area contributed by atoms with E-state index in [-0.39, 0.29) is 27.8 Å². The third-order valence-electron chi connectivity index (χ3n) is 10.4. The Kier molecular flexibility index (Phi) is 4.82. The van der Waals surface area contributed by atoms with Crippen LogP contribution in [0.5, 0.6) is 0 Å². The molecule has 0 radical (unpaired) electrons. The second-order valence-electron chi connectivity index (χ2n) is 12.2. The highest BCUT2D eigenvalue weighted by Gasteiger charge is 2.59. The van der Waals surface area contributed by atoms with Gasteiger partial charge in [0.1, 0.15) is 5.78 Å². The van der Waals surface area contributed by atoms with Crippen LogP contribution in [-0.2, 0) is 4.79 Å². The molecule has 0 heterocycles. The Morgan fingerprint density at radius 3 is 2.45 bits per heavy atom. The van der Waals surface area contributed by atoms with E-state index in [1.807, 2.05) is 0 Å². The Morgan fingerprint density at radius 1 is 1.10 bits per heavy atom. The molecule has 4 rings (SSSR count). The first-order valence-corrected chi connectivity index (χ1v) is 12.0.